The molecule has 1 N–H and O–H groups in total. The van der Waals surface area contributed by atoms with Crippen molar-refractivity contribution in [2.75, 3.05) is 0 Å². The van der Waals surface area contributed by atoms with Crippen LogP contribution in [0.25, 0.3) is 21.9 Å². The third-order valence-corrected chi connectivity index (χ3v) is 4.86. The first-order valence-electron chi connectivity index (χ1n) is 9.11. The molecule has 142 valence electrons. The largest absolute Gasteiger partial charge is 0.456 e. The molecule has 0 saturated carbocycles. The van der Waals surface area contributed by atoms with E-state index in [4.69, 9.17) is 9.15 Å². The first-order valence-corrected chi connectivity index (χ1v) is 9.11. The summed E-state index contributed by atoms with van der Waals surface area (Å²) in [5, 5.41) is 8.34. The van der Waals surface area contributed by atoms with Crippen molar-refractivity contribution in [3.05, 3.63) is 75.3 Å². The van der Waals surface area contributed by atoms with E-state index in [9.17, 15) is 9.59 Å². The maximum Gasteiger partial charge on any atom is 0.359 e. The number of para-hydroxylation sites is 1. The van der Waals surface area contributed by atoms with E-state index in [2.05, 4.69) is 24.0 Å². The summed E-state index contributed by atoms with van der Waals surface area (Å²) in [7, 11) is 0. The molecule has 4 aromatic rings. The third-order valence-electron chi connectivity index (χ3n) is 4.86. The lowest BCUT2D eigenvalue weighted by atomic mass is 9.95. The fourth-order valence-electron chi connectivity index (χ4n) is 3.46. The number of ether oxygens (including phenoxy) is 1. The van der Waals surface area contributed by atoms with Gasteiger partial charge in [-0.3, -0.25) is 5.10 Å². The highest BCUT2D eigenvalue weighted by atomic mass is 16.5. The van der Waals surface area contributed by atoms with Crippen LogP contribution in [-0.4, -0.2) is 16.2 Å². The number of hydrogen-bond acceptors (Lipinski definition) is 5. The van der Waals surface area contributed by atoms with Crippen LogP contribution in [0, 0.1) is 6.92 Å². The molecule has 0 aliphatic rings. The van der Waals surface area contributed by atoms with Crippen LogP contribution in [0.5, 0.6) is 0 Å². The average Bonchev–Trinajstić information content (AvgIpc) is 3.09. The molecule has 6 nitrogen and oxygen atoms in total. The highest BCUT2D eigenvalue weighted by molar-refractivity contribution is 6.01. The number of fused-ring (bicyclic) bond motifs is 2. The van der Waals surface area contributed by atoms with Gasteiger partial charge in [-0.15, -0.1) is 0 Å². The minimum atomic E-state index is -0.546. The fraction of sp³-hybridized carbons (Fsp3) is 0.227. The summed E-state index contributed by atoms with van der Waals surface area (Å²) in [6.07, 6.45) is 0. The van der Waals surface area contributed by atoms with Crippen LogP contribution in [0.4, 0.5) is 0 Å². The Balaban J connectivity index is 1.68. The van der Waals surface area contributed by atoms with Gasteiger partial charge in [-0.05, 0) is 42.2 Å². The molecule has 2 aromatic heterocycles. The highest BCUT2D eigenvalue weighted by Gasteiger charge is 2.17. The molecule has 6 heteroatoms. The first kappa shape index (κ1) is 18.0. The molecule has 2 heterocycles. The van der Waals surface area contributed by atoms with Gasteiger partial charge < -0.3 is 9.15 Å². The Kier molecular flexibility index (Phi) is 4.47. The Labute approximate surface area is 161 Å². The van der Waals surface area contributed by atoms with Crippen molar-refractivity contribution in [2.24, 2.45) is 0 Å². The Bertz CT molecular complexity index is 1250. The van der Waals surface area contributed by atoms with Gasteiger partial charge in [0.05, 0.1) is 5.52 Å². The van der Waals surface area contributed by atoms with Gasteiger partial charge in [-0.2, -0.15) is 5.10 Å². The number of aryl methyl sites for hydroxylation is 1. The number of carbonyl (C=O) groups is 1. The Morgan fingerprint density at radius 1 is 1.18 bits per heavy atom. The Morgan fingerprint density at radius 2 is 1.96 bits per heavy atom. The lowest BCUT2D eigenvalue weighted by Crippen LogP contribution is -2.09. The van der Waals surface area contributed by atoms with E-state index in [0.717, 1.165) is 22.0 Å². The summed E-state index contributed by atoms with van der Waals surface area (Å²) in [4.78, 5) is 24.5. The molecule has 0 radical (unpaired) electrons. The third kappa shape index (κ3) is 3.17. The van der Waals surface area contributed by atoms with Crippen molar-refractivity contribution < 1.29 is 13.9 Å². The van der Waals surface area contributed by atoms with E-state index in [1.807, 2.05) is 37.3 Å². The molecule has 28 heavy (non-hydrogen) atoms. The monoisotopic (exact) mass is 376 g/mol. The topological polar surface area (TPSA) is 85.2 Å². The second-order valence-corrected chi connectivity index (χ2v) is 7.14. The Hall–Kier alpha value is -3.41. The molecule has 0 unspecified atom stereocenters. The van der Waals surface area contributed by atoms with E-state index in [1.165, 1.54) is 6.07 Å². The SMILES string of the molecule is Cc1cc2oc(=O)cc(COC(=O)c3n[nH]c4ccccc34)c2cc1C(C)C. The molecule has 0 bridgehead atoms. The zero-order chi connectivity index (χ0) is 19.8. The van der Waals surface area contributed by atoms with E-state index in [-0.39, 0.29) is 12.3 Å². The summed E-state index contributed by atoms with van der Waals surface area (Å²) >= 11 is 0. The van der Waals surface area contributed by atoms with Crippen molar-refractivity contribution >= 4 is 27.8 Å². The van der Waals surface area contributed by atoms with Gasteiger partial charge in [0, 0.05) is 22.4 Å². The van der Waals surface area contributed by atoms with Gasteiger partial charge in [-0.25, -0.2) is 9.59 Å². The maximum absolute atomic E-state index is 12.5. The van der Waals surface area contributed by atoms with E-state index in [1.54, 1.807) is 6.07 Å². The normalized spacial score (nSPS) is 11.4. The number of esters is 1. The zero-order valence-electron chi connectivity index (χ0n) is 15.9. The summed E-state index contributed by atoms with van der Waals surface area (Å²) in [6, 6.07) is 12.6. The van der Waals surface area contributed by atoms with Gasteiger partial charge in [0.25, 0.3) is 0 Å². The number of rotatable bonds is 4. The van der Waals surface area contributed by atoms with Crippen LogP contribution in [0.1, 0.15) is 46.9 Å². The Morgan fingerprint density at radius 3 is 2.75 bits per heavy atom. The molecule has 0 atom stereocenters. The molecule has 0 fully saturated rings. The van der Waals surface area contributed by atoms with Crippen molar-refractivity contribution in [3.8, 4) is 0 Å². The zero-order valence-corrected chi connectivity index (χ0v) is 15.9. The number of nitrogens with one attached hydrogen (secondary N) is 1. The molecule has 2 aromatic carbocycles. The number of H-pyrrole nitrogens is 1. The number of carbonyl (C=O) groups excluding carboxylic acids is 1. The molecule has 0 aliphatic heterocycles. The highest BCUT2D eigenvalue weighted by Crippen LogP contribution is 2.27. The fourth-order valence-corrected chi connectivity index (χ4v) is 3.46. The number of aromatic amines is 1. The first-order chi connectivity index (χ1) is 13.4. The second kappa shape index (κ2) is 6.96. The van der Waals surface area contributed by atoms with E-state index >= 15 is 0 Å². The predicted molar refractivity (Wildman–Crippen MR) is 107 cm³/mol. The van der Waals surface area contributed by atoms with Crippen LogP contribution in [0.2, 0.25) is 0 Å². The number of benzene rings is 2. The van der Waals surface area contributed by atoms with Gasteiger partial charge in [-0.1, -0.05) is 32.0 Å². The standard InChI is InChI=1S/C22H20N2O4/c1-12(2)16-10-17-14(9-20(25)28-19(17)8-13(16)3)11-27-22(26)21-15-6-4-5-7-18(15)23-24-21/h4-10,12H,11H2,1-3H3,(H,23,24). The van der Waals surface area contributed by atoms with Gasteiger partial charge >= 0.3 is 11.6 Å². The van der Waals surface area contributed by atoms with Crippen molar-refractivity contribution in [2.45, 2.75) is 33.3 Å². The van der Waals surface area contributed by atoms with Gasteiger partial charge in [0.2, 0.25) is 0 Å². The van der Waals surface area contributed by atoms with Crippen molar-refractivity contribution in [3.63, 3.8) is 0 Å². The molecule has 0 spiro atoms. The molecular weight excluding hydrogens is 356 g/mol. The number of aromatic nitrogens is 2. The van der Waals surface area contributed by atoms with Crippen LogP contribution in [-0.2, 0) is 11.3 Å². The summed E-state index contributed by atoms with van der Waals surface area (Å²) in [6.45, 7) is 6.16. The van der Waals surface area contributed by atoms with Crippen molar-refractivity contribution in [1.29, 1.82) is 0 Å². The average molecular weight is 376 g/mol. The van der Waals surface area contributed by atoms with E-state index in [0.29, 0.717) is 22.5 Å². The maximum atomic E-state index is 12.5. The molecule has 0 aliphatic carbocycles. The second-order valence-electron chi connectivity index (χ2n) is 7.14. The van der Waals surface area contributed by atoms with Gasteiger partial charge in [0.15, 0.2) is 5.69 Å². The molecule has 4 rings (SSSR count). The molecular formula is C22H20N2O4. The van der Waals surface area contributed by atoms with Crippen LogP contribution >= 0.6 is 0 Å². The molecule has 0 amide bonds. The van der Waals surface area contributed by atoms with E-state index < -0.39 is 11.6 Å². The smallest absolute Gasteiger partial charge is 0.359 e. The predicted octanol–water partition coefficient (Wildman–Crippen LogP) is 4.46. The number of nitrogens with zero attached hydrogens (tertiary/aromatic N) is 1. The van der Waals surface area contributed by atoms with Crippen LogP contribution in [0.3, 0.4) is 0 Å². The summed E-state index contributed by atoms with van der Waals surface area (Å²) in [5.74, 6) is -0.225. The van der Waals surface area contributed by atoms with Crippen molar-refractivity contribution in [1.82, 2.24) is 10.2 Å². The lowest BCUT2D eigenvalue weighted by molar-refractivity contribution is 0.0469. The van der Waals surface area contributed by atoms with Gasteiger partial charge in [0.1, 0.15) is 12.2 Å². The van der Waals surface area contributed by atoms with Crippen LogP contribution in [0.15, 0.2) is 51.7 Å². The summed E-state index contributed by atoms with van der Waals surface area (Å²) in [5.41, 5.74) is 3.83. The number of hydrogen-bond donors (Lipinski definition) is 1. The van der Waals surface area contributed by atoms with Crippen LogP contribution < -0.4 is 5.63 Å². The quantitative estimate of drug-likeness (QED) is 0.420. The lowest BCUT2D eigenvalue weighted by Gasteiger charge is -2.13. The minimum absolute atomic E-state index is 0.0390. The minimum Gasteiger partial charge on any atom is -0.456 e. The summed E-state index contributed by atoms with van der Waals surface area (Å²) < 4.78 is 10.8. The molecule has 0 saturated heterocycles.